The first-order valence-corrected chi connectivity index (χ1v) is 9.05. The summed E-state index contributed by atoms with van der Waals surface area (Å²) in [5.41, 5.74) is 0.843. The number of hydrogen-bond donors (Lipinski definition) is 2. The van der Waals surface area contributed by atoms with Crippen molar-refractivity contribution in [3.8, 4) is 5.75 Å². The SMILES string of the molecule is CCN(CC)CCCC(C)NC(=NC)NCc1ccc(OC)c(F)c1. The molecule has 1 atom stereocenters. The predicted octanol–water partition coefficient (Wildman–Crippen LogP) is 3.01. The summed E-state index contributed by atoms with van der Waals surface area (Å²) >= 11 is 0. The quantitative estimate of drug-likeness (QED) is 0.502. The maximum atomic E-state index is 13.7. The smallest absolute Gasteiger partial charge is 0.191 e. The highest BCUT2D eigenvalue weighted by molar-refractivity contribution is 5.79. The van der Waals surface area contributed by atoms with Gasteiger partial charge in [0.15, 0.2) is 17.5 Å². The van der Waals surface area contributed by atoms with Gasteiger partial charge < -0.3 is 20.3 Å². The van der Waals surface area contributed by atoms with Gasteiger partial charge in [0.05, 0.1) is 7.11 Å². The Morgan fingerprint density at radius 3 is 2.60 bits per heavy atom. The van der Waals surface area contributed by atoms with Crippen molar-refractivity contribution in [1.29, 1.82) is 0 Å². The van der Waals surface area contributed by atoms with Gasteiger partial charge in [-0.2, -0.15) is 0 Å². The van der Waals surface area contributed by atoms with Gasteiger partial charge in [0, 0.05) is 19.6 Å². The molecule has 1 unspecified atom stereocenters. The van der Waals surface area contributed by atoms with Crippen LogP contribution in [0.15, 0.2) is 23.2 Å². The van der Waals surface area contributed by atoms with E-state index in [-0.39, 0.29) is 11.6 Å². The molecule has 1 aromatic rings. The minimum atomic E-state index is -0.352. The lowest BCUT2D eigenvalue weighted by Crippen LogP contribution is -2.42. The highest BCUT2D eigenvalue weighted by Gasteiger charge is 2.08. The molecule has 142 valence electrons. The van der Waals surface area contributed by atoms with Crippen molar-refractivity contribution >= 4 is 5.96 Å². The van der Waals surface area contributed by atoms with Crippen molar-refractivity contribution in [2.75, 3.05) is 33.8 Å². The van der Waals surface area contributed by atoms with Gasteiger partial charge in [-0.1, -0.05) is 19.9 Å². The Bertz CT molecular complexity index is 532. The maximum Gasteiger partial charge on any atom is 0.191 e. The number of halogens is 1. The van der Waals surface area contributed by atoms with E-state index in [1.54, 1.807) is 13.1 Å². The highest BCUT2D eigenvalue weighted by Crippen LogP contribution is 2.17. The zero-order valence-electron chi connectivity index (χ0n) is 16.2. The zero-order chi connectivity index (χ0) is 18.7. The summed E-state index contributed by atoms with van der Waals surface area (Å²) in [6, 6.07) is 5.29. The molecule has 0 saturated carbocycles. The number of hydrogen-bond acceptors (Lipinski definition) is 3. The largest absolute Gasteiger partial charge is 0.494 e. The summed E-state index contributed by atoms with van der Waals surface area (Å²) in [7, 11) is 3.20. The monoisotopic (exact) mass is 352 g/mol. The number of nitrogens with zero attached hydrogens (tertiary/aromatic N) is 2. The van der Waals surface area contributed by atoms with Crippen LogP contribution < -0.4 is 15.4 Å². The average Bonchev–Trinajstić information content (AvgIpc) is 2.62. The number of guanidine groups is 1. The van der Waals surface area contributed by atoms with Gasteiger partial charge >= 0.3 is 0 Å². The van der Waals surface area contributed by atoms with Gasteiger partial charge in [0.25, 0.3) is 0 Å². The average molecular weight is 352 g/mol. The Kier molecular flexibility index (Phi) is 9.92. The Hall–Kier alpha value is -1.82. The van der Waals surface area contributed by atoms with E-state index in [1.807, 2.05) is 6.07 Å². The van der Waals surface area contributed by atoms with Crippen LogP contribution in [-0.4, -0.2) is 50.7 Å². The van der Waals surface area contributed by atoms with E-state index < -0.39 is 0 Å². The third-order valence-electron chi connectivity index (χ3n) is 4.29. The van der Waals surface area contributed by atoms with E-state index >= 15 is 0 Å². The summed E-state index contributed by atoms with van der Waals surface area (Å²) in [6.07, 6.45) is 2.23. The van der Waals surface area contributed by atoms with E-state index in [0.717, 1.165) is 44.0 Å². The Labute approximate surface area is 151 Å². The third kappa shape index (κ3) is 7.73. The fraction of sp³-hybridized carbons (Fsp3) is 0.632. The van der Waals surface area contributed by atoms with Crippen LogP contribution in [0, 0.1) is 5.82 Å². The molecule has 0 aliphatic rings. The molecule has 1 rings (SSSR count). The van der Waals surface area contributed by atoms with Crippen molar-refractivity contribution in [3.05, 3.63) is 29.6 Å². The van der Waals surface area contributed by atoms with Crippen molar-refractivity contribution in [3.63, 3.8) is 0 Å². The van der Waals surface area contributed by atoms with Crippen LogP contribution in [0.2, 0.25) is 0 Å². The van der Waals surface area contributed by atoms with Crippen molar-refractivity contribution < 1.29 is 9.13 Å². The summed E-state index contributed by atoms with van der Waals surface area (Å²) in [4.78, 5) is 6.67. The molecule has 0 saturated heterocycles. The van der Waals surface area contributed by atoms with Gasteiger partial charge in [-0.25, -0.2) is 4.39 Å². The molecule has 0 fully saturated rings. The van der Waals surface area contributed by atoms with Crippen LogP contribution in [0.4, 0.5) is 4.39 Å². The zero-order valence-corrected chi connectivity index (χ0v) is 16.2. The van der Waals surface area contributed by atoms with Gasteiger partial charge in [-0.3, -0.25) is 4.99 Å². The first-order valence-electron chi connectivity index (χ1n) is 9.05. The van der Waals surface area contributed by atoms with Gasteiger partial charge in [-0.05, 0) is 57.1 Å². The maximum absolute atomic E-state index is 13.7. The molecule has 0 radical (unpaired) electrons. The number of ether oxygens (including phenoxy) is 1. The second-order valence-electron chi connectivity index (χ2n) is 6.11. The van der Waals surface area contributed by atoms with Crippen LogP contribution in [0.1, 0.15) is 39.2 Å². The molecule has 0 spiro atoms. The molecular weight excluding hydrogens is 319 g/mol. The fourth-order valence-electron chi connectivity index (χ4n) is 2.67. The lowest BCUT2D eigenvalue weighted by atomic mass is 10.1. The second-order valence-corrected chi connectivity index (χ2v) is 6.11. The predicted molar refractivity (Wildman–Crippen MR) is 103 cm³/mol. The van der Waals surface area contributed by atoms with Gasteiger partial charge in [0.2, 0.25) is 0 Å². The molecule has 0 amide bonds. The van der Waals surface area contributed by atoms with E-state index in [4.69, 9.17) is 4.74 Å². The second kappa shape index (κ2) is 11.7. The minimum absolute atomic E-state index is 0.257. The van der Waals surface area contributed by atoms with Crippen LogP contribution in [0.25, 0.3) is 0 Å². The van der Waals surface area contributed by atoms with Crippen LogP contribution >= 0.6 is 0 Å². The first kappa shape index (κ1) is 21.2. The topological polar surface area (TPSA) is 48.9 Å². The Balaban J connectivity index is 2.40. The number of aliphatic imine (C=N–C) groups is 1. The molecule has 5 nitrogen and oxygen atoms in total. The molecule has 6 heteroatoms. The van der Waals surface area contributed by atoms with Crippen LogP contribution in [-0.2, 0) is 6.54 Å². The lowest BCUT2D eigenvalue weighted by Gasteiger charge is -2.21. The number of benzene rings is 1. The van der Waals surface area contributed by atoms with Gasteiger partial charge in [-0.15, -0.1) is 0 Å². The Morgan fingerprint density at radius 1 is 1.32 bits per heavy atom. The number of nitrogens with one attached hydrogen (secondary N) is 2. The standard InChI is InChI=1S/C19H33FN4O/c1-6-24(7-2)12-8-9-15(3)23-19(21-4)22-14-16-10-11-18(25-5)17(20)13-16/h10-11,13,15H,6-9,12,14H2,1-5H3,(H2,21,22,23). The molecule has 0 aliphatic carbocycles. The molecule has 0 aliphatic heterocycles. The fourth-order valence-corrected chi connectivity index (χ4v) is 2.67. The lowest BCUT2D eigenvalue weighted by molar-refractivity contribution is 0.292. The summed E-state index contributed by atoms with van der Waals surface area (Å²) in [6.45, 7) is 10.4. The normalized spacial score (nSPS) is 13.0. The summed E-state index contributed by atoms with van der Waals surface area (Å²) in [5.74, 6) is 0.633. The molecule has 25 heavy (non-hydrogen) atoms. The van der Waals surface area contributed by atoms with Crippen molar-refractivity contribution in [1.82, 2.24) is 15.5 Å². The molecular formula is C19H33FN4O. The highest BCUT2D eigenvalue weighted by atomic mass is 19.1. The first-order chi connectivity index (χ1) is 12.0. The molecule has 2 N–H and O–H groups in total. The molecule has 0 aromatic heterocycles. The Morgan fingerprint density at radius 2 is 2.04 bits per heavy atom. The van der Waals surface area contributed by atoms with Crippen LogP contribution in [0.5, 0.6) is 5.75 Å². The molecule has 1 aromatic carbocycles. The van der Waals surface area contributed by atoms with Crippen molar-refractivity contribution in [2.24, 2.45) is 4.99 Å². The van der Waals surface area contributed by atoms with Gasteiger partial charge in [0.1, 0.15) is 0 Å². The van der Waals surface area contributed by atoms with Crippen LogP contribution in [0.3, 0.4) is 0 Å². The minimum Gasteiger partial charge on any atom is -0.494 e. The number of rotatable bonds is 10. The van der Waals surface area contributed by atoms with E-state index in [2.05, 4.69) is 41.3 Å². The van der Waals surface area contributed by atoms with Crippen molar-refractivity contribution in [2.45, 2.75) is 46.2 Å². The van der Waals surface area contributed by atoms with E-state index in [1.165, 1.54) is 13.2 Å². The third-order valence-corrected chi connectivity index (χ3v) is 4.29. The number of methoxy groups -OCH3 is 1. The van der Waals surface area contributed by atoms with E-state index in [9.17, 15) is 4.39 Å². The molecule has 0 bridgehead atoms. The summed E-state index contributed by atoms with van der Waals surface area (Å²) in [5, 5.41) is 6.61. The molecule has 0 heterocycles. The van der Waals surface area contributed by atoms with E-state index in [0.29, 0.717) is 12.6 Å². The summed E-state index contributed by atoms with van der Waals surface area (Å²) < 4.78 is 18.7.